The molecule has 112 valence electrons. The van der Waals surface area contributed by atoms with E-state index in [1.807, 2.05) is 29.6 Å². The van der Waals surface area contributed by atoms with Crippen LogP contribution in [0.15, 0.2) is 6.07 Å². The monoisotopic (exact) mass is 278 g/mol. The van der Waals surface area contributed by atoms with Gasteiger partial charge in [0.05, 0.1) is 5.54 Å². The highest BCUT2D eigenvalue weighted by Crippen LogP contribution is 2.22. The number of nitrogens with zero attached hydrogens (tertiary/aromatic N) is 3. The van der Waals surface area contributed by atoms with E-state index in [4.69, 9.17) is 0 Å². The number of carbonyl (C=O) groups is 1. The molecule has 1 aliphatic rings. The molecule has 5 nitrogen and oxygen atoms in total. The van der Waals surface area contributed by atoms with E-state index in [2.05, 4.69) is 31.2 Å². The second-order valence-electron chi connectivity index (χ2n) is 6.61. The largest absolute Gasteiger partial charge is 0.333 e. The zero-order chi connectivity index (χ0) is 14.9. The fourth-order valence-electron chi connectivity index (χ4n) is 2.96. The summed E-state index contributed by atoms with van der Waals surface area (Å²) in [6.07, 6.45) is 2.16. The molecule has 0 aliphatic carbocycles. The Bertz CT molecular complexity index is 487. The number of nitrogens with one attached hydrogen (secondary N) is 1. The van der Waals surface area contributed by atoms with Crippen molar-refractivity contribution in [2.75, 3.05) is 20.1 Å². The van der Waals surface area contributed by atoms with Crippen molar-refractivity contribution in [2.45, 2.75) is 52.1 Å². The van der Waals surface area contributed by atoms with Gasteiger partial charge in [-0.05, 0) is 53.7 Å². The van der Waals surface area contributed by atoms with Gasteiger partial charge in [-0.15, -0.1) is 0 Å². The molecule has 0 radical (unpaired) electrons. The van der Waals surface area contributed by atoms with E-state index in [1.54, 1.807) is 0 Å². The maximum absolute atomic E-state index is 12.6. The van der Waals surface area contributed by atoms with Gasteiger partial charge in [-0.1, -0.05) is 0 Å². The molecule has 0 saturated carbocycles. The lowest BCUT2D eigenvalue weighted by Gasteiger charge is -2.24. The van der Waals surface area contributed by atoms with Crippen LogP contribution in [-0.4, -0.2) is 46.8 Å². The van der Waals surface area contributed by atoms with Gasteiger partial charge in [0.25, 0.3) is 5.91 Å². The summed E-state index contributed by atoms with van der Waals surface area (Å²) < 4.78 is 1.93. The molecule has 5 heteroatoms. The van der Waals surface area contributed by atoms with Crippen LogP contribution in [0.1, 0.15) is 49.8 Å². The summed E-state index contributed by atoms with van der Waals surface area (Å²) in [5.41, 5.74) is 1.50. The van der Waals surface area contributed by atoms with Crippen LogP contribution in [-0.2, 0) is 5.54 Å². The maximum atomic E-state index is 12.6. The first-order chi connectivity index (χ1) is 9.34. The summed E-state index contributed by atoms with van der Waals surface area (Å²) in [5.74, 6) is 0.0638. The minimum atomic E-state index is -0.0992. The van der Waals surface area contributed by atoms with Gasteiger partial charge in [0.2, 0.25) is 0 Å². The van der Waals surface area contributed by atoms with E-state index in [0.29, 0.717) is 11.7 Å². The van der Waals surface area contributed by atoms with Crippen molar-refractivity contribution < 1.29 is 4.79 Å². The van der Waals surface area contributed by atoms with E-state index in [0.717, 1.165) is 31.6 Å². The maximum Gasteiger partial charge on any atom is 0.274 e. The van der Waals surface area contributed by atoms with Crippen molar-refractivity contribution in [3.63, 3.8) is 0 Å². The zero-order valence-corrected chi connectivity index (χ0v) is 13.2. The molecule has 0 spiro atoms. The fraction of sp³-hybridized carbons (Fsp3) is 0.733. The highest BCUT2D eigenvalue weighted by atomic mass is 16.2. The molecular weight excluding hydrogens is 252 g/mol. The van der Waals surface area contributed by atoms with Crippen LogP contribution in [0.5, 0.6) is 0 Å². The van der Waals surface area contributed by atoms with E-state index in [1.165, 1.54) is 0 Å². The molecule has 1 N–H and O–H groups in total. The first kappa shape index (κ1) is 15.0. The second kappa shape index (κ2) is 5.56. The van der Waals surface area contributed by atoms with Crippen molar-refractivity contribution in [2.24, 2.45) is 0 Å². The number of rotatable bonds is 3. The third kappa shape index (κ3) is 2.87. The van der Waals surface area contributed by atoms with Crippen molar-refractivity contribution in [1.29, 1.82) is 0 Å². The van der Waals surface area contributed by atoms with Gasteiger partial charge in [-0.2, -0.15) is 5.10 Å². The number of hydrogen-bond donors (Lipinski definition) is 1. The Morgan fingerprint density at radius 1 is 1.50 bits per heavy atom. The summed E-state index contributed by atoms with van der Waals surface area (Å²) in [6, 6.07) is 2.20. The molecule has 1 aliphatic heterocycles. The number of carbonyl (C=O) groups excluding carboxylic acids is 1. The third-order valence-electron chi connectivity index (χ3n) is 3.82. The van der Waals surface area contributed by atoms with Gasteiger partial charge < -0.3 is 10.2 Å². The Labute approximate surface area is 121 Å². The molecule has 20 heavy (non-hydrogen) atoms. The van der Waals surface area contributed by atoms with E-state index < -0.39 is 0 Å². The van der Waals surface area contributed by atoms with Crippen LogP contribution >= 0.6 is 0 Å². The van der Waals surface area contributed by atoms with Crippen molar-refractivity contribution in [3.05, 3.63) is 17.5 Å². The number of likely N-dealkylation sites (N-methyl/N-ethyl adjacent to an activating group) is 1. The fourth-order valence-corrected chi connectivity index (χ4v) is 2.96. The minimum absolute atomic E-state index is 0.0638. The second-order valence-corrected chi connectivity index (χ2v) is 6.61. The molecular formula is C15H26N4O. The van der Waals surface area contributed by atoms with Crippen molar-refractivity contribution in [1.82, 2.24) is 20.0 Å². The molecule has 0 bridgehead atoms. The number of aryl methyl sites for hydroxylation is 1. The Morgan fingerprint density at radius 2 is 2.20 bits per heavy atom. The Morgan fingerprint density at radius 3 is 2.75 bits per heavy atom. The number of amides is 1. The van der Waals surface area contributed by atoms with Crippen LogP contribution in [0.25, 0.3) is 0 Å². The Kier molecular flexibility index (Phi) is 4.18. The van der Waals surface area contributed by atoms with Crippen LogP contribution in [0.2, 0.25) is 0 Å². The molecule has 1 saturated heterocycles. The summed E-state index contributed by atoms with van der Waals surface area (Å²) >= 11 is 0. The first-order valence-corrected chi connectivity index (χ1v) is 7.37. The summed E-state index contributed by atoms with van der Waals surface area (Å²) in [6.45, 7) is 9.99. The summed E-state index contributed by atoms with van der Waals surface area (Å²) in [5, 5.41) is 7.69. The van der Waals surface area contributed by atoms with Crippen LogP contribution in [0.4, 0.5) is 0 Å². The number of aromatic nitrogens is 2. The van der Waals surface area contributed by atoms with Crippen molar-refractivity contribution >= 4 is 5.91 Å². The molecule has 2 heterocycles. The third-order valence-corrected chi connectivity index (χ3v) is 3.82. The van der Waals surface area contributed by atoms with Gasteiger partial charge in [0.1, 0.15) is 0 Å². The average Bonchev–Trinajstić information content (AvgIpc) is 2.94. The Balaban J connectivity index is 2.21. The molecule has 0 unspecified atom stereocenters. The van der Waals surface area contributed by atoms with E-state index in [-0.39, 0.29) is 11.4 Å². The zero-order valence-electron chi connectivity index (χ0n) is 13.2. The first-order valence-electron chi connectivity index (χ1n) is 7.37. The highest BCUT2D eigenvalue weighted by molar-refractivity contribution is 5.92. The topological polar surface area (TPSA) is 50.2 Å². The molecule has 1 fully saturated rings. The normalized spacial score (nSPS) is 19.6. The van der Waals surface area contributed by atoms with Gasteiger partial charge in [0, 0.05) is 24.8 Å². The molecule has 2 rings (SSSR count). The predicted octanol–water partition coefficient (Wildman–Crippen LogP) is 1.77. The van der Waals surface area contributed by atoms with Gasteiger partial charge in [-0.3, -0.25) is 9.48 Å². The SMILES string of the molecule is CNC[C@H]1CCCN1C(=O)c1cc(C)n(C(C)(C)C)n1. The number of likely N-dealkylation sites (tertiary alicyclic amines) is 1. The van der Waals surface area contributed by atoms with E-state index in [9.17, 15) is 4.79 Å². The average molecular weight is 278 g/mol. The van der Waals surface area contributed by atoms with Gasteiger partial charge in [-0.25, -0.2) is 0 Å². The van der Waals surface area contributed by atoms with Gasteiger partial charge >= 0.3 is 0 Å². The van der Waals surface area contributed by atoms with Gasteiger partial charge in [0.15, 0.2) is 5.69 Å². The van der Waals surface area contributed by atoms with Crippen LogP contribution in [0.3, 0.4) is 0 Å². The van der Waals surface area contributed by atoms with E-state index >= 15 is 0 Å². The minimum Gasteiger partial charge on any atom is -0.333 e. The predicted molar refractivity (Wildman–Crippen MR) is 79.9 cm³/mol. The standard InChI is InChI=1S/C15H26N4O/c1-11-9-13(17-19(11)15(2,3)4)14(20)18-8-6-7-12(18)10-16-5/h9,12,16H,6-8,10H2,1-5H3/t12-/m1/s1. The summed E-state index contributed by atoms with van der Waals surface area (Å²) in [7, 11) is 1.93. The lowest BCUT2D eigenvalue weighted by Crippen LogP contribution is -2.41. The molecule has 1 amide bonds. The quantitative estimate of drug-likeness (QED) is 0.917. The lowest BCUT2D eigenvalue weighted by atomic mass is 10.1. The number of hydrogen-bond acceptors (Lipinski definition) is 3. The molecule has 1 aromatic heterocycles. The summed E-state index contributed by atoms with van der Waals surface area (Å²) in [4.78, 5) is 14.6. The lowest BCUT2D eigenvalue weighted by molar-refractivity contribution is 0.0729. The highest BCUT2D eigenvalue weighted by Gasteiger charge is 2.31. The van der Waals surface area contributed by atoms with Crippen LogP contribution in [0, 0.1) is 6.92 Å². The molecule has 1 atom stereocenters. The Hall–Kier alpha value is -1.36. The smallest absolute Gasteiger partial charge is 0.274 e. The molecule has 1 aromatic rings. The molecule has 0 aromatic carbocycles. The van der Waals surface area contributed by atoms with Crippen LogP contribution < -0.4 is 5.32 Å². The van der Waals surface area contributed by atoms with Crippen molar-refractivity contribution in [3.8, 4) is 0 Å².